The molecule has 2 aromatic carbocycles. The second kappa shape index (κ2) is 15.3. The van der Waals surface area contributed by atoms with Crippen LogP contribution >= 0.6 is 11.6 Å². The molecule has 2 aromatic rings. The first-order valence-electron chi connectivity index (χ1n) is 13.3. The molecule has 0 bridgehead atoms. The van der Waals surface area contributed by atoms with Crippen molar-refractivity contribution < 1.29 is 24.2 Å². The fraction of sp³-hybridized carbons (Fsp3) is 0.483. The first kappa shape index (κ1) is 29.5. The number of hydrogen-bond donors (Lipinski definition) is 3. The fourth-order valence-corrected chi connectivity index (χ4v) is 4.90. The summed E-state index contributed by atoms with van der Waals surface area (Å²) in [7, 11) is 1.69. The van der Waals surface area contributed by atoms with Crippen molar-refractivity contribution in [3.63, 3.8) is 0 Å². The number of ether oxygens (including phenoxy) is 1. The molecule has 38 heavy (non-hydrogen) atoms. The maximum atomic E-state index is 13.2. The number of nitrogens with one attached hydrogen (secondary N) is 2. The van der Waals surface area contributed by atoms with Crippen molar-refractivity contribution in [2.24, 2.45) is 5.92 Å². The summed E-state index contributed by atoms with van der Waals surface area (Å²) < 4.78 is 5.58. The number of benzene rings is 2. The lowest BCUT2D eigenvalue weighted by molar-refractivity contribution is -0.132. The highest BCUT2D eigenvalue weighted by Crippen LogP contribution is 2.28. The summed E-state index contributed by atoms with van der Waals surface area (Å²) >= 11 is 6.01. The normalized spacial score (nSPS) is 15.2. The fourth-order valence-electron chi connectivity index (χ4n) is 4.69. The van der Waals surface area contributed by atoms with E-state index in [4.69, 9.17) is 16.3 Å². The van der Waals surface area contributed by atoms with Gasteiger partial charge in [0.25, 0.3) is 5.91 Å². The van der Waals surface area contributed by atoms with Gasteiger partial charge in [-0.15, -0.1) is 0 Å². The molecule has 0 saturated heterocycles. The van der Waals surface area contributed by atoms with Crippen LogP contribution in [-0.2, 0) is 20.9 Å². The Bertz CT molecular complexity index is 1050. The molecule has 1 aliphatic carbocycles. The predicted molar refractivity (Wildman–Crippen MR) is 148 cm³/mol. The number of nitrogens with zero attached hydrogens (tertiary/aromatic N) is 1. The van der Waals surface area contributed by atoms with Crippen LogP contribution in [0.3, 0.4) is 0 Å². The quantitative estimate of drug-likeness (QED) is 0.355. The predicted octanol–water partition coefficient (Wildman–Crippen LogP) is 4.83. The number of aliphatic hydroxyl groups excluding tert-OH is 1. The molecule has 2 atom stereocenters. The van der Waals surface area contributed by atoms with Crippen molar-refractivity contribution in [1.29, 1.82) is 0 Å². The summed E-state index contributed by atoms with van der Waals surface area (Å²) in [5.74, 6) is -0.301. The van der Waals surface area contributed by atoms with Crippen LogP contribution in [0.15, 0.2) is 54.6 Å². The van der Waals surface area contributed by atoms with E-state index >= 15 is 0 Å². The minimum absolute atomic E-state index is 0.126. The van der Waals surface area contributed by atoms with Crippen LogP contribution in [0.5, 0.6) is 0 Å². The van der Waals surface area contributed by atoms with E-state index in [1.54, 1.807) is 30.1 Å². The largest absolute Gasteiger partial charge is 0.436 e. The monoisotopic (exact) mass is 543 g/mol. The van der Waals surface area contributed by atoms with Crippen molar-refractivity contribution in [3.8, 4) is 0 Å². The molecule has 1 aliphatic rings. The summed E-state index contributed by atoms with van der Waals surface area (Å²) in [6, 6.07) is 15.8. The number of anilines is 1. The SMILES string of the molecule is CN(C(=O)CC[C@@H](CO)NC(=O)[C@H](CC1CCCCC1)OC(=O)NCc1cccc(Cl)c1)c1ccccc1. The Morgan fingerprint density at radius 3 is 2.50 bits per heavy atom. The summed E-state index contributed by atoms with van der Waals surface area (Å²) in [6.07, 6.45) is 4.47. The van der Waals surface area contributed by atoms with Crippen LogP contribution in [0, 0.1) is 5.92 Å². The number of halogens is 1. The zero-order valence-corrected chi connectivity index (χ0v) is 22.7. The van der Waals surface area contributed by atoms with Crippen molar-refractivity contribution in [1.82, 2.24) is 10.6 Å². The maximum Gasteiger partial charge on any atom is 0.408 e. The topological polar surface area (TPSA) is 108 Å². The first-order chi connectivity index (χ1) is 18.4. The molecular weight excluding hydrogens is 506 g/mol. The van der Waals surface area contributed by atoms with Crippen molar-refractivity contribution in [3.05, 3.63) is 65.2 Å². The molecule has 0 radical (unpaired) electrons. The van der Waals surface area contributed by atoms with Gasteiger partial charge in [-0.2, -0.15) is 0 Å². The molecule has 206 valence electrons. The molecule has 3 N–H and O–H groups in total. The van der Waals surface area contributed by atoms with Gasteiger partial charge in [-0.25, -0.2) is 4.79 Å². The molecule has 0 unspecified atom stereocenters. The van der Waals surface area contributed by atoms with Crippen molar-refractivity contribution >= 4 is 35.2 Å². The summed E-state index contributed by atoms with van der Waals surface area (Å²) in [5.41, 5.74) is 1.58. The number of carbonyl (C=O) groups is 3. The van der Waals surface area contributed by atoms with Gasteiger partial charge in [0.15, 0.2) is 6.10 Å². The van der Waals surface area contributed by atoms with E-state index in [0.717, 1.165) is 36.9 Å². The Morgan fingerprint density at radius 1 is 1.08 bits per heavy atom. The van der Waals surface area contributed by atoms with Crippen LogP contribution in [-0.4, -0.2) is 48.8 Å². The molecule has 0 aliphatic heterocycles. The summed E-state index contributed by atoms with van der Waals surface area (Å²) in [6.45, 7) is -0.112. The lowest BCUT2D eigenvalue weighted by Crippen LogP contribution is -2.47. The van der Waals surface area contributed by atoms with E-state index < -0.39 is 24.1 Å². The Morgan fingerprint density at radius 2 is 1.82 bits per heavy atom. The standard InChI is InChI=1S/C29H38ClN3O5/c1-33(25-13-6-3-7-14-25)27(35)16-15-24(20-34)32-28(36)26(18-21-9-4-2-5-10-21)38-29(37)31-19-22-11-8-12-23(30)17-22/h3,6-8,11-14,17,21,24,26,34H,2,4-5,9-10,15-16,18-20H2,1H3,(H,31,37)(H,32,36)/t24-,26-/m0/s1. The average Bonchev–Trinajstić information content (AvgIpc) is 2.94. The minimum Gasteiger partial charge on any atom is -0.436 e. The van der Waals surface area contributed by atoms with Crippen LogP contribution in [0.4, 0.5) is 10.5 Å². The van der Waals surface area contributed by atoms with Gasteiger partial charge in [-0.3, -0.25) is 9.59 Å². The van der Waals surface area contributed by atoms with E-state index in [9.17, 15) is 19.5 Å². The lowest BCUT2D eigenvalue weighted by atomic mass is 9.85. The van der Waals surface area contributed by atoms with Crippen LogP contribution < -0.4 is 15.5 Å². The summed E-state index contributed by atoms with van der Waals surface area (Å²) in [5, 5.41) is 15.9. The van der Waals surface area contributed by atoms with Gasteiger partial charge < -0.3 is 25.4 Å². The van der Waals surface area contributed by atoms with Gasteiger partial charge in [0.05, 0.1) is 12.6 Å². The molecule has 9 heteroatoms. The highest BCUT2D eigenvalue weighted by molar-refractivity contribution is 6.30. The number of para-hydroxylation sites is 1. The first-order valence-corrected chi connectivity index (χ1v) is 13.6. The van der Waals surface area contributed by atoms with Gasteiger partial charge in [0.2, 0.25) is 5.91 Å². The third-order valence-electron chi connectivity index (χ3n) is 6.93. The molecule has 8 nitrogen and oxygen atoms in total. The Labute approximate surface area is 229 Å². The van der Waals surface area contributed by atoms with E-state index in [-0.39, 0.29) is 37.8 Å². The zero-order chi connectivity index (χ0) is 27.3. The third-order valence-corrected chi connectivity index (χ3v) is 7.17. The Kier molecular flexibility index (Phi) is 11.9. The number of amides is 3. The molecule has 0 heterocycles. The second-order valence-electron chi connectivity index (χ2n) is 9.83. The van der Waals surface area contributed by atoms with Gasteiger partial charge in [-0.1, -0.05) is 74.0 Å². The second-order valence-corrected chi connectivity index (χ2v) is 10.3. The van der Waals surface area contributed by atoms with Gasteiger partial charge in [0.1, 0.15) is 0 Å². The third kappa shape index (κ3) is 9.65. The molecular formula is C29H38ClN3O5. The number of hydrogen-bond acceptors (Lipinski definition) is 5. The lowest BCUT2D eigenvalue weighted by Gasteiger charge is -2.27. The number of alkyl carbamates (subject to hydrolysis) is 1. The molecule has 3 rings (SSSR count). The summed E-state index contributed by atoms with van der Waals surface area (Å²) in [4.78, 5) is 40.0. The number of rotatable bonds is 12. The molecule has 1 fully saturated rings. The zero-order valence-electron chi connectivity index (χ0n) is 21.9. The van der Waals surface area contributed by atoms with Crippen molar-refractivity contribution in [2.45, 2.75) is 70.1 Å². The highest BCUT2D eigenvalue weighted by atomic mass is 35.5. The van der Waals surface area contributed by atoms with Crippen LogP contribution in [0.25, 0.3) is 0 Å². The van der Waals surface area contributed by atoms with E-state index in [2.05, 4.69) is 10.6 Å². The highest BCUT2D eigenvalue weighted by Gasteiger charge is 2.29. The molecule has 0 aromatic heterocycles. The van der Waals surface area contributed by atoms with E-state index in [1.807, 2.05) is 36.4 Å². The van der Waals surface area contributed by atoms with Gasteiger partial charge in [-0.05, 0) is 48.6 Å². The minimum atomic E-state index is -0.991. The van der Waals surface area contributed by atoms with E-state index in [1.165, 1.54) is 6.42 Å². The maximum absolute atomic E-state index is 13.2. The molecule has 1 saturated carbocycles. The molecule has 0 spiro atoms. The average molecular weight is 544 g/mol. The Hall–Kier alpha value is -3.10. The van der Waals surface area contributed by atoms with Gasteiger partial charge in [0, 0.05) is 30.7 Å². The smallest absolute Gasteiger partial charge is 0.408 e. The van der Waals surface area contributed by atoms with Gasteiger partial charge >= 0.3 is 6.09 Å². The number of carbonyl (C=O) groups excluding carboxylic acids is 3. The molecule has 3 amide bonds. The van der Waals surface area contributed by atoms with E-state index in [0.29, 0.717) is 11.4 Å². The van der Waals surface area contributed by atoms with Crippen LogP contribution in [0.1, 0.15) is 56.9 Å². The Balaban J connectivity index is 1.56. The number of aliphatic hydroxyl groups is 1. The van der Waals surface area contributed by atoms with Crippen molar-refractivity contribution in [2.75, 3.05) is 18.6 Å². The van der Waals surface area contributed by atoms with Crippen LogP contribution in [0.2, 0.25) is 5.02 Å².